The highest BCUT2D eigenvalue weighted by molar-refractivity contribution is 9.10. The molecule has 112 valence electrons. The molecule has 0 saturated carbocycles. The molecule has 2 N–H and O–H groups in total. The summed E-state index contributed by atoms with van der Waals surface area (Å²) in [6.45, 7) is 6.98. The van der Waals surface area contributed by atoms with Crippen molar-refractivity contribution in [3.8, 4) is 0 Å². The van der Waals surface area contributed by atoms with Crippen LogP contribution in [0.5, 0.6) is 0 Å². The highest BCUT2D eigenvalue weighted by Crippen LogP contribution is 2.23. The van der Waals surface area contributed by atoms with Crippen molar-refractivity contribution in [3.05, 3.63) is 38.3 Å². The molecule has 0 fully saturated rings. The SMILES string of the molecule is CC(C)CC(C)(O)CNCc1ccc([N+](=O)[O-])cc1Br. The van der Waals surface area contributed by atoms with Crippen LogP contribution in [-0.4, -0.2) is 22.2 Å². The van der Waals surface area contributed by atoms with Crippen molar-refractivity contribution >= 4 is 21.6 Å². The number of halogens is 1. The molecule has 0 aliphatic carbocycles. The van der Waals surface area contributed by atoms with Crippen LogP contribution < -0.4 is 5.32 Å². The van der Waals surface area contributed by atoms with Crippen molar-refractivity contribution in [2.75, 3.05) is 6.54 Å². The number of benzene rings is 1. The summed E-state index contributed by atoms with van der Waals surface area (Å²) in [5, 5.41) is 24.0. The van der Waals surface area contributed by atoms with E-state index < -0.39 is 10.5 Å². The maximum Gasteiger partial charge on any atom is 0.270 e. The van der Waals surface area contributed by atoms with Gasteiger partial charge in [-0.1, -0.05) is 29.8 Å². The third-order valence-electron chi connectivity index (χ3n) is 2.92. The highest BCUT2D eigenvalue weighted by Gasteiger charge is 2.21. The largest absolute Gasteiger partial charge is 0.389 e. The van der Waals surface area contributed by atoms with Gasteiger partial charge in [0.25, 0.3) is 5.69 Å². The second-order valence-corrected chi connectivity index (χ2v) is 6.59. The van der Waals surface area contributed by atoms with Crippen LogP contribution in [0.4, 0.5) is 5.69 Å². The first-order valence-electron chi connectivity index (χ1n) is 6.57. The van der Waals surface area contributed by atoms with Crippen LogP contribution in [0.25, 0.3) is 0 Å². The molecule has 20 heavy (non-hydrogen) atoms. The average molecular weight is 345 g/mol. The lowest BCUT2D eigenvalue weighted by atomic mass is 9.94. The van der Waals surface area contributed by atoms with Gasteiger partial charge in [-0.15, -0.1) is 0 Å². The van der Waals surface area contributed by atoms with Crippen molar-refractivity contribution in [2.45, 2.75) is 39.3 Å². The number of hydrogen-bond acceptors (Lipinski definition) is 4. The normalized spacial score (nSPS) is 14.3. The van der Waals surface area contributed by atoms with Gasteiger partial charge in [0.1, 0.15) is 0 Å². The zero-order chi connectivity index (χ0) is 15.3. The van der Waals surface area contributed by atoms with Crippen LogP contribution in [0, 0.1) is 16.0 Å². The van der Waals surface area contributed by atoms with E-state index in [1.807, 2.05) is 6.92 Å². The van der Waals surface area contributed by atoms with Crippen LogP contribution in [-0.2, 0) is 6.54 Å². The van der Waals surface area contributed by atoms with E-state index in [4.69, 9.17) is 0 Å². The highest BCUT2D eigenvalue weighted by atomic mass is 79.9. The van der Waals surface area contributed by atoms with Crippen LogP contribution in [0.1, 0.15) is 32.8 Å². The van der Waals surface area contributed by atoms with Gasteiger partial charge < -0.3 is 10.4 Å². The minimum absolute atomic E-state index is 0.0624. The van der Waals surface area contributed by atoms with Crippen molar-refractivity contribution in [3.63, 3.8) is 0 Å². The van der Waals surface area contributed by atoms with Crippen LogP contribution in [0.15, 0.2) is 22.7 Å². The Labute approximate surface area is 127 Å². The Kier molecular flexibility index (Phi) is 6.10. The van der Waals surface area contributed by atoms with E-state index in [0.29, 0.717) is 23.5 Å². The number of aliphatic hydroxyl groups is 1. The molecule has 0 aliphatic heterocycles. The number of nitrogens with one attached hydrogen (secondary N) is 1. The Bertz CT molecular complexity index is 475. The zero-order valence-corrected chi connectivity index (χ0v) is 13.6. The molecule has 6 heteroatoms. The molecule has 0 spiro atoms. The molecule has 5 nitrogen and oxygen atoms in total. The van der Waals surface area contributed by atoms with Crippen LogP contribution >= 0.6 is 15.9 Å². The smallest absolute Gasteiger partial charge is 0.270 e. The first-order valence-corrected chi connectivity index (χ1v) is 7.36. The van der Waals surface area contributed by atoms with E-state index in [1.54, 1.807) is 6.07 Å². The minimum Gasteiger partial charge on any atom is -0.389 e. The minimum atomic E-state index is -0.749. The first kappa shape index (κ1) is 17.1. The lowest BCUT2D eigenvalue weighted by molar-refractivity contribution is -0.384. The number of nitro groups is 1. The van der Waals surface area contributed by atoms with Crippen LogP contribution in [0.3, 0.4) is 0 Å². The Morgan fingerprint density at radius 1 is 1.50 bits per heavy atom. The van der Waals surface area contributed by atoms with Crippen molar-refractivity contribution in [1.29, 1.82) is 0 Å². The van der Waals surface area contributed by atoms with Gasteiger partial charge in [-0.05, 0) is 30.9 Å². The summed E-state index contributed by atoms with van der Waals surface area (Å²) in [5.74, 6) is 0.429. The standard InChI is InChI=1S/C14H21BrN2O3/c1-10(2)7-14(3,18)9-16-8-11-4-5-12(17(19)20)6-13(11)15/h4-6,10,16,18H,7-9H2,1-3H3. The molecule has 1 unspecified atom stereocenters. The number of nitrogens with zero attached hydrogens (tertiary/aromatic N) is 1. The topological polar surface area (TPSA) is 75.4 Å². The van der Waals surface area contributed by atoms with Gasteiger partial charge in [-0.25, -0.2) is 0 Å². The van der Waals surface area contributed by atoms with E-state index in [9.17, 15) is 15.2 Å². The number of hydrogen-bond donors (Lipinski definition) is 2. The third-order valence-corrected chi connectivity index (χ3v) is 3.65. The molecule has 1 aromatic carbocycles. The van der Waals surface area contributed by atoms with Gasteiger partial charge in [0.2, 0.25) is 0 Å². The predicted molar refractivity (Wildman–Crippen MR) is 82.6 cm³/mol. The fourth-order valence-electron chi connectivity index (χ4n) is 2.21. The first-order chi connectivity index (χ1) is 9.21. The molecule has 0 saturated heterocycles. The van der Waals surface area contributed by atoms with E-state index in [2.05, 4.69) is 35.1 Å². The second kappa shape index (κ2) is 7.15. The number of rotatable bonds is 7. The molecular weight excluding hydrogens is 324 g/mol. The summed E-state index contributed by atoms with van der Waals surface area (Å²) in [4.78, 5) is 10.2. The Balaban J connectivity index is 2.56. The molecule has 0 aromatic heterocycles. The quantitative estimate of drug-likeness (QED) is 0.588. The van der Waals surface area contributed by atoms with Crippen molar-refractivity contribution < 1.29 is 10.0 Å². The monoisotopic (exact) mass is 344 g/mol. The zero-order valence-electron chi connectivity index (χ0n) is 12.0. The fourth-order valence-corrected chi connectivity index (χ4v) is 2.72. The molecule has 0 heterocycles. The maximum atomic E-state index is 10.6. The van der Waals surface area contributed by atoms with Gasteiger partial charge >= 0.3 is 0 Å². The fraction of sp³-hybridized carbons (Fsp3) is 0.571. The summed E-state index contributed by atoms with van der Waals surface area (Å²) in [7, 11) is 0. The van der Waals surface area contributed by atoms with Gasteiger partial charge in [-0.3, -0.25) is 10.1 Å². The maximum absolute atomic E-state index is 10.6. The molecule has 0 bridgehead atoms. The lowest BCUT2D eigenvalue weighted by Gasteiger charge is -2.25. The second-order valence-electron chi connectivity index (χ2n) is 5.73. The summed E-state index contributed by atoms with van der Waals surface area (Å²) in [5.41, 5.74) is 0.241. The summed E-state index contributed by atoms with van der Waals surface area (Å²) < 4.78 is 0.697. The Morgan fingerprint density at radius 2 is 2.15 bits per heavy atom. The van der Waals surface area contributed by atoms with Gasteiger partial charge in [0.05, 0.1) is 10.5 Å². The summed E-state index contributed by atoms with van der Waals surface area (Å²) >= 11 is 3.33. The summed E-state index contributed by atoms with van der Waals surface area (Å²) in [6.07, 6.45) is 0.724. The summed E-state index contributed by atoms with van der Waals surface area (Å²) in [6, 6.07) is 4.68. The Hall–Kier alpha value is -0.980. The van der Waals surface area contributed by atoms with Crippen LogP contribution in [0.2, 0.25) is 0 Å². The number of non-ortho nitro benzene ring substituents is 1. The predicted octanol–water partition coefficient (Wildman–Crippen LogP) is 3.24. The van der Waals surface area contributed by atoms with E-state index >= 15 is 0 Å². The van der Waals surface area contributed by atoms with Gasteiger partial charge in [0, 0.05) is 29.7 Å². The van der Waals surface area contributed by atoms with Gasteiger partial charge in [-0.2, -0.15) is 0 Å². The molecule has 1 aromatic rings. The van der Waals surface area contributed by atoms with Gasteiger partial charge in [0.15, 0.2) is 0 Å². The molecule has 0 amide bonds. The van der Waals surface area contributed by atoms with E-state index in [1.165, 1.54) is 12.1 Å². The third kappa shape index (κ3) is 5.56. The van der Waals surface area contributed by atoms with E-state index in [-0.39, 0.29) is 5.69 Å². The van der Waals surface area contributed by atoms with E-state index in [0.717, 1.165) is 12.0 Å². The molecule has 1 rings (SSSR count). The number of nitro benzene ring substituents is 1. The molecule has 0 aliphatic rings. The average Bonchev–Trinajstić information content (AvgIpc) is 2.29. The Morgan fingerprint density at radius 3 is 2.65 bits per heavy atom. The lowest BCUT2D eigenvalue weighted by Crippen LogP contribution is -2.38. The molecule has 1 atom stereocenters. The van der Waals surface area contributed by atoms with Crippen molar-refractivity contribution in [1.82, 2.24) is 5.32 Å². The molecule has 0 radical (unpaired) electrons. The molecular formula is C14H21BrN2O3. The van der Waals surface area contributed by atoms with Crippen molar-refractivity contribution in [2.24, 2.45) is 5.92 Å².